The molecule has 1 rings (SSSR count). The zero-order valence-corrected chi connectivity index (χ0v) is 9.92. The van der Waals surface area contributed by atoms with Gasteiger partial charge in [0.25, 0.3) is 5.91 Å². The van der Waals surface area contributed by atoms with Crippen LogP contribution in [0.4, 0.5) is 5.69 Å². The number of carbonyl (C=O) groups is 1. The van der Waals surface area contributed by atoms with E-state index in [1.165, 1.54) is 4.90 Å². The van der Waals surface area contributed by atoms with Crippen molar-refractivity contribution in [2.45, 2.75) is 13.8 Å². The summed E-state index contributed by atoms with van der Waals surface area (Å²) in [6.07, 6.45) is 0. The molecule has 0 aliphatic heterocycles. The van der Waals surface area contributed by atoms with Gasteiger partial charge >= 0.3 is 0 Å². The lowest BCUT2D eigenvalue weighted by atomic mass is 10.2. The number of nitrogens with two attached hydrogens (primary N) is 1. The maximum Gasteiger partial charge on any atom is 0.255 e. The fourth-order valence-corrected chi connectivity index (χ4v) is 1.44. The van der Waals surface area contributed by atoms with E-state index in [0.29, 0.717) is 17.9 Å². The molecule has 4 heteroatoms. The van der Waals surface area contributed by atoms with Crippen molar-refractivity contribution in [3.63, 3.8) is 0 Å². The quantitative estimate of drug-likeness (QED) is 0.480. The third-order valence-corrected chi connectivity index (χ3v) is 2.67. The van der Waals surface area contributed by atoms with Gasteiger partial charge in [-0.3, -0.25) is 4.79 Å². The third kappa shape index (κ3) is 3.55. The number of hydrogen-bond donors (Lipinski definition) is 3. The van der Waals surface area contributed by atoms with Gasteiger partial charge in [-0.25, -0.2) is 0 Å². The van der Waals surface area contributed by atoms with Crippen LogP contribution in [0.3, 0.4) is 0 Å². The lowest BCUT2D eigenvalue weighted by molar-refractivity contribution is -0.898. The fourth-order valence-electron chi connectivity index (χ4n) is 1.44. The number of nitrogen functional groups attached to an aromatic ring is 1. The summed E-state index contributed by atoms with van der Waals surface area (Å²) < 4.78 is 0. The highest BCUT2D eigenvalue weighted by molar-refractivity contribution is 5.94. The normalized spacial score (nSPS) is 10.4. The summed E-state index contributed by atoms with van der Waals surface area (Å²) >= 11 is 0. The van der Waals surface area contributed by atoms with E-state index in [1.54, 1.807) is 24.3 Å². The maximum absolute atomic E-state index is 11.7. The summed E-state index contributed by atoms with van der Waals surface area (Å²) in [5.41, 5.74) is 6.88. The molecular weight excluding hydrogens is 202 g/mol. The van der Waals surface area contributed by atoms with Crippen LogP contribution >= 0.6 is 0 Å². The molecular formula is C12H20N3O+. The Kier molecular flexibility index (Phi) is 4.79. The monoisotopic (exact) mass is 222 g/mol. The van der Waals surface area contributed by atoms with E-state index in [0.717, 1.165) is 13.1 Å². The average molecular weight is 222 g/mol. The predicted octanol–water partition coefficient (Wildman–Crippen LogP) is -0.119. The summed E-state index contributed by atoms with van der Waals surface area (Å²) in [5, 5.41) is 2.90. The number of anilines is 1. The molecule has 0 heterocycles. The van der Waals surface area contributed by atoms with Gasteiger partial charge in [-0.2, -0.15) is 0 Å². The molecule has 0 aliphatic rings. The third-order valence-electron chi connectivity index (χ3n) is 2.67. The smallest absolute Gasteiger partial charge is 0.255 e. The lowest BCUT2D eigenvalue weighted by Gasteiger charge is -2.15. The van der Waals surface area contributed by atoms with Crippen LogP contribution in [0.2, 0.25) is 0 Å². The van der Waals surface area contributed by atoms with Gasteiger partial charge in [0.2, 0.25) is 0 Å². The molecule has 0 bridgehead atoms. The number of nitrogens with one attached hydrogen (secondary N) is 2. The van der Waals surface area contributed by atoms with E-state index in [4.69, 9.17) is 5.73 Å². The van der Waals surface area contributed by atoms with Crippen molar-refractivity contribution < 1.29 is 9.69 Å². The second-order valence-corrected chi connectivity index (χ2v) is 3.76. The SMILES string of the molecule is CC[NH+](CC)CNC(=O)c1ccc(N)cc1. The standard InChI is InChI=1S/C12H19N3O/c1-3-15(4-2)9-14-12(16)10-5-7-11(13)8-6-10/h5-8H,3-4,9,13H2,1-2H3,(H,14,16)/p+1. The van der Waals surface area contributed by atoms with Crippen molar-refractivity contribution in [3.05, 3.63) is 29.8 Å². The first-order valence-electron chi connectivity index (χ1n) is 5.64. The van der Waals surface area contributed by atoms with Crippen molar-refractivity contribution in [3.8, 4) is 0 Å². The fraction of sp³-hybridized carbons (Fsp3) is 0.417. The maximum atomic E-state index is 11.7. The molecule has 16 heavy (non-hydrogen) atoms. The zero-order chi connectivity index (χ0) is 12.0. The summed E-state index contributed by atoms with van der Waals surface area (Å²) in [6.45, 7) is 6.90. The van der Waals surface area contributed by atoms with Crippen LogP contribution < -0.4 is 16.0 Å². The first kappa shape index (κ1) is 12.5. The summed E-state index contributed by atoms with van der Waals surface area (Å²) in [6, 6.07) is 6.95. The van der Waals surface area contributed by atoms with Crippen LogP contribution in [0.5, 0.6) is 0 Å². The summed E-state index contributed by atoms with van der Waals surface area (Å²) in [4.78, 5) is 13.1. The lowest BCUT2D eigenvalue weighted by Crippen LogP contribution is -3.13. The highest BCUT2D eigenvalue weighted by atomic mass is 16.1. The minimum absolute atomic E-state index is 0.0422. The van der Waals surface area contributed by atoms with Crippen LogP contribution in [0, 0.1) is 0 Å². The van der Waals surface area contributed by atoms with Crippen LogP contribution in [0.15, 0.2) is 24.3 Å². The Morgan fingerprint density at radius 1 is 1.25 bits per heavy atom. The number of quaternary nitrogens is 1. The van der Waals surface area contributed by atoms with E-state index in [-0.39, 0.29) is 5.91 Å². The Hall–Kier alpha value is -1.55. The molecule has 0 saturated carbocycles. The summed E-state index contributed by atoms with van der Waals surface area (Å²) in [7, 11) is 0. The van der Waals surface area contributed by atoms with E-state index in [2.05, 4.69) is 19.2 Å². The molecule has 1 aromatic carbocycles. The van der Waals surface area contributed by atoms with Gasteiger partial charge in [-0.05, 0) is 38.1 Å². The van der Waals surface area contributed by atoms with Gasteiger partial charge in [-0.1, -0.05) is 0 Å². The average Bonchev–Trinajstić information content (AvgIpc) is 2.31. The minimum atomic E-state index is -0.0422. The second-order valence-electron chi connectivity index (χ2n) is 3.76. The molecule has 4 N–H and O–H groups in total. The molecule has 0 aliphatic carbocycles. The van der Waals surface area contributed by atoms with Crippen molar-refractivity contribution >= 4 is 11.6 Å². The highest BCUT2D eigenvalue weighted by Gasteiger charge is 2.07. The van der Waals surface area contributed by atoms with Crippen LogP contribution in [-0.2, 0) is 0 Å². The van der Waals surface area contributed by atoms with Crippen molar-refractivity contribution in [2.75, 3.05) is 25.5 Å². The van der Waals surface area contributed by atoms with Crippen LogP contribution in [0.25, 0.3) is 0 Å². The molecule has 1 amide bonds. The largest absolute Gasteiger partial charge is 0.399 e. The van der Waals surface area contributed by atoms with Crippen LogP contribution in [0.1, 0.15) is 24.2 Å². The van der Waals surface area contributed by atoms with Gasteiger partial charge in [0, 0.05) is 11.3 Å². The molecule has 0 atom stereocenters. The van der Waals surface area contributed by atoms with Gasteiger partial charge in [0.1, 0.15) is 0 Å². The van der Waals surface area contributed by atoms with E-state index in [1.807, 2.05) is 0 Å². The molecule has 0 saturated heterocycles. The molecule has 0 aromatic heterocycles. The molecule has 0 radical (unpaired) electrons. The second kappa shape index (κ2) is 6.12. The number of benzene rings is 1. The minimum Gasteiger partial charge on any atom is -0.399 e. The Bertz CT molecular complexity index is 331. The number of carbonyl (C=O) groups excluding carboxylic acids is 1. The van der Waals surface area contributed by atoms with Crippen LogP contribution in [-0.4, -0.2) is 25.7 Å². The number of rotatable bonds is 5. The van der Waals surface area contributed by atoms with Gasteiger partial charge in [0.15, 0.2) is 6.67 Å². The van der Waals surface area contributed by atoms with Crippen molar-refractivity contribution in [2.24, 2.45) is 0 Å². The van der Waals surface area contributed by atoms with Gasteiger partial charge in [0.05, 0.1) is 13.1 Å². The Balaban J connectivity index is 2.49. The van der Waals surface area contributed by atoms with E-state index >= 15 is 0 Å². The van der Waals surface area contributed by atoms with Crippen molar-refractivity contribution in [1.82, 2.24) is 5.32 Å². The topological polar surface area (TPSA) is 59.6 Å². The zero-order valence-electron chi connectivity index (χ0n) is 9.92. The highest BCUT2D eigenvalue weighted by Crippen LogP contribution is 2.04. The number of amides is 1. The van der Waals surface area contributed by atoms with E-state index < -0.39 is 0 Å². The molecule has 4 nitrogen and oxygen atoms in total. The molecule has 1 aromatic rings. The number of hydrogen-bond acceptors (Lipinski definition) is 2. The molecule has 0 spiro atoms. The van der Waals surface area contributed by atoms with Gasteiger partial charge in [-0.15, -0.1) is 0 Å². The molecule has 0 fully saturated rings. The Labute approximate surface area is 96.4 Å². The van der Waals surface area contributed by atoms with Gasteiger partial charge < -0.3 is 16.0 Å². The Morgan fingerprint density at radius 3 is 2.31 bits per heavy atom. The molecule has 88 valence electrons. The first-order chi connectivity index (χ1) is 7.67. The summed E-state index contributed by atoms with van der Waals surface area (Å²) in [5.74, 6) is -0.0422. The first-order valence-corrected chi connectivity index (χ1v) is 5.64. The predicted molar refractivity (Wildman–Crippen MR) is 65.2 cm³/mol. The Morgan fingerprint density at radius 2 is 1.81 bits per heavy atom. The van der Waals surface area contributed by atoms with E-state index in [9.17, 15) is 4.79 Å². The van der Waals surface area contributed by atoms with Crippen molar-refractivity contribution in [1.29, 1.82) is 0 Å². The molecule has 0 unspecified atom stereocenters.